The molecule has 0 N–H and O–H groups in total. The minimum atomic E-state index is -3.42. The SMILES string of the molecule is CCCCCc1ccc(N(CCc2ccc3ccccc3c2)C(=O)[C@@H]2CCC(=O)C(F)(F)C2)cc1. The molecule has 0 bridgehead atoms. The van der Waals surface area contributed by atoms with Crippen molar-refractivity contribution in [2.45, 2.75) is 64.2 Å². The summed E-state index contributed by atoms with van der Waals surface area (Å²) in [6.07, 6.45) is 4.26. The predicted molar refractivity (Wildman–Crippen MR) is 137 cm³/mol. The number of benzene rings is 3. The van der Waals surface area contributed by atoms with Gasteiger partial charge in [0.05, 0.1) is 0 Å². The number of alkyl halides is 2. The number of nitrogens with zero attached hydrogens (tertiary/aromatic N) is 1. The largest absolute Gasteiger partial charge is 0.312 e. The molecule has 3 aromatic rings. The molecule has 0 heterocycles. The Morgan fingerprint density at radius 3 is 2.37 bits per heavy atom. The van der Waals surface area contributed by atoms with Crippen LogP contribution in [0.2, 0.25) is 0 Å². The number of ketones is 1. The van der Waals surface area contributed by atoms with Crippen LogP contribution in [-0.4, -0.2) is 24.2 Å². The highest BCUT2D eigenvalue weighted by Crippen LogP contribution is 2.36. The van der Waals surface area contributed by atoms with Crippen molar-refractivity contribution in [2.24, 2.45) is 5.92 Å². The first-order valence-electron chi connectivity index (χ1n) is 12.7. The lowest BCUT2D eigenvalue weighted by atomic mass is 9.84. The lowest BCUT2D eigenvalue weighted by Crippen LogP contribution is -2.44. The first-order valence-corrected chi connectivity index (χ1v) is 12.7. The summed E-state index contributed by atoms with van der Waals surface area (Å²) < 4.78 is 28.3. The number of halogens is 2. The average Bonchev–Trinajstić information content (AvgIpc) is 2.86. The van der Waals surface area contributed by atoms with Gasteiger partial charge in [0.1, 0.15) is 0 Å². The third-order valence-electron chi connectivity index (χ3n) is 7.00. The van der Waals surface area contributed by atoms with Crippen LogP contribution in [0.5, 0.6) is 0 Å². The van der Waals surface area contributed by atoms with Gasteiger partial charge in [0.15, 0.2) is 0 Å². The van der Waals surface area contributed by atoms with Crippen LogP contribution in [0.1, 0.15) is 56.6 Å². The van der Waals surface area contributed by atoms with E-state index in [1.165, 1.54) is 12.0 Å². The first-order chi connectivity index (χ1) is 16.9. The molecule has 184 valence electrons. The molecule has 3 nitrogen and oxygen atoms in total. The van der Waals surface area contributed by atoms with Gasteiger partial charge in [-0.05, 0) is 59.7 Å². The number of rotatable bonds is 9. The molecule has 3 aromatic carbocycles. The summed E-state index contributed by atoms with van der Waals surface area (Å²) in [7, 11) is 0. The van der Waals surface area contributed by atoms with Crippen LogP contribution < -0.4 is 4.90 Å². The van der Waals surface area contributed by atoms with Crippen molar-refractivity contribution in [3.63, 3.8) is 0 Å². The molecule has 1 aliphatic carbocycles. The molecular weight excluding hydrogens is 444 g/mol. The zero-order valence-electron chi connectivity index (χ0n) is 20.3. The Morgan fingerprint density at radius 2 is 1.66 bits per heavy atom. The van der Waals surface area contributed by atoms with Gasteiger partial charge < -0.3 is 4.90 Å². The second kappa shape index (κ2) is 11.1. The Balaban J connectivity index is 1.54. The number of hydrogen-bond donors (Lipinski definition) is 0. The van der Waals surface area contributed by atoms with Crippen LogP contribution in [-0.2, 0) is 22.4 Å². The van der Waals surface area contributed by atoms with Crippen molar-refractivity contribution in [1.29, 1.82) is 0 Å². The van der Waals surface area contributed by atoms with Crippen molar-refractivity contribution < 1.29 is 18.4 Å². The van der Waals surface area contributed by atoms with Gasteiger partial charge in [-0.2, -0.15) is 8.78 Å². The minimum absolute atomic E-state index is 0.175. The summed E-state index contributed by atoms with van der Waals surface area (Å²) in [6.45, 7) is 2.56. The molecule has 35 heavy (non-hydrogen) atoms. The number of hydrogen-bond acceptors (Lipinski definition) is 2. The summed E-state index contributed by atoms with van der Waals surface area (Å²) in [5, 5.41) is 2.28. The maximum Gasteiger partial charge on any atom is 0.306 e. The van der Waals surface area contributed by atoms with Crippen LogP contribution in [0, 0.1) is 5.92 Å². The number of anilines is 1. The number of carbonyl (C=O) groups excluding carboxylic acids is 2. The van der Waals surface area contributed by atoms with Gasteiger partial charge in [-0.25, -0.2) is 0 Å². The number of unbranched alkanes of at least 4 members (excludes halogenated alkanes) is 2. The maximum absolute atomic E-state index is 14.2. The summed E-state index contributed by atoms with van der Waals surface area (Å²) in [5.41, 5.74) is 3.01. The van der Waals surface area contributed by atoms with Gasteiger partial charge in [0, 0.05) is 31.0 Å². The molecule has 5 heteroatoms. The quantitative estimate of drug-likeness (QED) is 0.307. The number of aryl methyl sites for hydroxylation is 1. The Labute approximate surface area is 206 Å². The van der Waals surface area contributed by atoms with E-state index in [1.54, 1.807) is 4.90 Å². The third kappa shape index (κ3) is 6.14. The van der Waals surface area contributed by atoms with Crippen molar-refractivity contribution in [2.75, 3.05) is 11.4 Å². The summed E-state index contributed by atoms with van der Waals surface area (Å²) >= 11 is 0. The third-order valence-corrected chi connectivity index (χ3v) is 7.00. The smallest absolute Gasteiger partial charge is 0.306 e. The highest BCUT2D eigenvalue weighted by atomic mass is 19.3. The van der Waals surface area contributed by atoms with Crippen LogP contribution in [0.15, 0.2) is 66.7 Å². The zero-order valence-corrected chi connectivity index (χ0v) is 20.3. The van der Waals surface area contributed by atoms with Crippen molar-refractivity contribution in [3.8, 4) is 0 Å². The summed E-state index contributed by atoms with van der Waals surface area (Å²) in [5.74, 6) is -5.66. The minimum Gasteiger partial charge on any atom is -0.312 e. The van der Waals surface area contributed by atoms with Crippen molar-refractivity contribution in [1.82, 2.24) is 0 Å². The maximum atomic E-state index is 14.2. The predicted octanol–water partition coefficient (Wildman–Crippen LogP) is 7.15. The van der Waals surface area contributed by atoms with E-state index in [1.807, 2.05) is 36.4 Å². The normalized spacial score (nSPS) is 17.5. The number of carbonyl (C=O) groups is 2. The lowest BCUT2D eigenvalue weighted by molar-refractivity contribution is -0.152. The summed E-state index contributed by atoms with van der Waals surface area (Å²) in [4.78, 5) is 26.8. The second-order valence-electron chi connectivity index (χ2n) is 9.61. The van der Waals surface area contributed by atoms with Crippen LogP contribution in [0.3, 0.4) is 0 Å². The van der Waals surface area contributed by atoms with Gasteiger partial charge in [-0.1, -0.05) is 74.4 Å². The molecular formula is C30H33F2NO2. The van der Waals surface area contributed by atoms with E-state index >= 15 is 0 Å². The van der Waals surface area contributed by atoms with E-state index in [0.717, 1.165) is 41.3 Å². The second-order valence-corrected chi connectivity index (χ2v) is 9.61. The van der Waals surface area contributed by atoms with Gasteiger partial charge in [0.25, 0.3) is 0 Å². The van der Waals surface area contributed by atoms with Gasteiger partial charge >= 0.3 is 5.92 Å². The highest BCUT2D eigenvalue weighted by molar-refractivity contribution is 5.97. The van der Waals surface area contributed by atoms with E-state index in [9.17, 15) is 18.4 Å². The Hall–Kier alpha value is -3.08. The van der Waals surface area contributed by atoms with Gasteiger partial charge in [-0.15, -0.1) is 0 Å². The van der Waals surface area contributed by atoms with E-state index < -0.39 is 24.0 Å². The molecule has 0 aromatic heterocycles. The van der Waals surface area contributed by atoms with E-state index in [4.69, 9.17) is 0 Å². The molecule has 0 spiro atoms. The molecule has 1 saturated carbocycles. The molecule has 0 aliphatic heterocycles. The monoisotopic (exact) mass is 477 g/mol. The first kappa shape index (κ1) is 25.0. The van der Waals surface area contributed by atoms with Gasteiger partial charge in [0.2, 0.25) is 11.7 Å². The van der Waals surface area contributed by atoms with Crippen LogP contribution in [0.4, 0.5) is 14.5 Å². The topological polar surface area (TPSA) is 37.4 Å². The van der Waals surface area contributed by atoms with E-state index in [0.29, 0.717) is 13.0 Å². The van der Waals surface area contributed by atoms with Gasteiger partial charge in [-0.3, -0.25) is 9.59 Å². The Kier molecular flexibility index (Phi) is 7.94. The lowest BCUT2D eigenvalue weighted by Gasteiger charge is -2.32. The van der Waals surface area contributed by atoms with Crippen LogP contribution >= 0.6 is 0 Å². The molecule has 0 radical (unpaired) electrons. The summed E-state index contributed by atoms with van der Waals surface area (Å²) in [6, 6.07) is 22.2. The standard InChI is InChI=1S/C30H33F2NO2/c1-2-3-4-7-22-11-15-27(16-12-22)33(29(35)26-14-17-28(34)30(31,32)21-26)19-18-23-10-13-24-8-5-6-9-25(24)20-23/h5-6,8-13,15-16,20,26H,2-4,7,14,17-19,21H2,1H3/t26-/m1/s1. The molecule has 1 fully saturated rings. The Bertz CT molecular complexity index is 1170. The molecule has 0 saturated heterocycles. The van der Waals surface area contributed by atoms with Crippen molar-refractivity contribution >= 4 is 28.2 Å². The molecule has 4 rings (SSSR count). The number of Topliss-reactive ketones (excluding diaryl/α,β-unsaturated/α-hetero) is 1. The van der Waals surface area contributed by atoms with Crippen molar-refractivity contribution in [3.05, 3.63) is 77.9 Å². The fourth-order valence-electron chi connectivity index (χ4n) is 4.87. The molecule has 1 aliphatic rings. The zero-order chi connectivity index (χ0) is 24.8. The van der Waals surface area contributed by atoms with E-state index in [-0.39, 0.29) is 18.7 Å². The Morgan fingerprint density at radius 1 is 0.943 bits per heavy atom. The highest BCUT2D eigenvalue weighted by Gasteiger charge is 2.47. The van der Waals surface area contributed by atoms with Crippen LogP contribution in [0.25, 0.3) is 10.8 Å². The number of fused-ring (bicyclic) bond motifs is 1. The average molecular weight is 478 g/mol. The fraction of sp³-hybridized carbons (Fsp3) is 0.400. The van der Waals surface area contributed by atoms with E-state index in [2.05, 4.69) is 37.3 Å². The number of amides is 1. The molecule has 1 atom stereocenters. The fourth-order valence-corrected chi connectivity index (χ4v) is 4.87. The molecule has 1 amide bonds. The molecule has 0 unspecified atom stereocenters.